The van der Waals surface area contributed by atoms with Gasteiger partial charge in [0, 0.05) is 16.8 Å². The lowest BCUT2D eigenvalue weighted by Gasteiger charge is -2.13. The Kier molecular flexibility index (Phi) is 5.62. The van der Waals surface area contributed by atoms with Crippen LogP contribution in [-0.2, 0) is 6.42 Å². The van der Waals surface area contributed by atoms with E-state index in [9.17, 15) is 13.2 Å². The minimum atomic E-state index is -4.18. The molecule has 1 nitrogen and oxygen atoms in total. The highest BCUT2D eigenvalue weighted by molar-refractivity contribution is 8.00. The van der Waals surface area contributed by atoms with Crippen LogP contribution < -0.4 is 5.73 Å². The molecule has 0 aliphatic rings. The van der Waals surface area contributed by atoms with Gasteiger partial charge in [-0.3, -0.25) is 0 Å². The zero-order valence-electron chi connectivity index (χ0n) is 9.01. The van der Waals surface area contributed by atoms with Gasteiger partial charge in [0.15, 0.2) is 0 Å². The maximum atomic E-state index is 11.9. The van der Waals surface area contributed by atoms with Crippen molar-refractivity contribution in [2.75, 3.05) is 5.75 Å². The molecule has 96 valence electrons. The average molecular weight is 284 g/mol. The Morgan fingerprint density at radius 1 is 1.29 bits per heavy atom. The van der Waals surface area contributed by atoms with E-state index >= 15 is 0 Å². The minimum Gasteiger partial charge on any atom is -0.327 e. The van der Waals surface area contributed by atoms with Crippen molar-refractivity contribution in [2.45, 2.75) is 24.4 Å². The molecule has 0 aliphatic heterocycles. The van der Waals surface area contributed by atoms with Gasteiger partial charge in [-0.1, -0.05) is 41.6 Å². The molecule has 0 amide bonds. The number of alkyl halides is 3. The van der Waals surface area contributed by atoms with Gasteiger partial charge in [-0.25, -0.2) is 0 Å². The van der Waals surface area contributed by atoms with Crippen molar-refractivity contribution in [3.63, 3.8) is 0 Å². The Morgan fingerprint density at radius 2 is 1.94 bits per heavy atom. The van der Waals surface area contributed by atoms with E-state index in [-0.39, 0.29) is 23.6 Å². The van der Waals surface area contributed by atoms with Crippen molar-refractivity contribution in [1.29, 1.82) is 0 Å². The third-order valence-electron chi connectivity index (χ3n) is 2.19. The van der Waals surface area contributed by atoms with Crippen LogP contribution in [0.3, 0.4) is 0 Å². The third kappa shape index (κ3) is 6.19. The maximum Gasteiger partial charge on any atom is 0.441 e. The van der Waals surface area contributed by atoms with Crippen molar-refractivity contribution >= 4 is 23.4 Å². The number of nitrogens with two attached hydrogens (primary N) is 1. The SMILES string of the molecule is NC(CCSC(F)(F)F)Cc1ccccc1Cl. The lowest BCUT2D eigenvalue weighted by Crippen LogP contribution is -2.24. The molecule has 0 saturated heterocycles. The summed E-state index contributed by atoms with van der Waals surface area (Å²) in [5.41, 5.74) is 2.46. The van der Waals surface area contributed by atoms with Gasteiger partial charge in [0.1, 0.15) is 0 Å². The lowest BCUT2D eigenvalue weighted by molar-refractivity contribution is -0.0328. The van der Waals surface area contributed by atoms with Crippen LogP contribution >= 0.6 is 23.4 Å². The second kappa shape index (κ2) is 6.52. The summed E-state index contributed by atoms with van der Waals surface area (Å²) in [6.45, 7) is 0. The molecule has 6 heteroatoms. The Hall–Kier alpha value is -0.390. The number of halogens is 4. The topological polar surface area (TPSA) is 26.0 Å². The summed E-state index contributed by atoms with van der Waals surface area (Å²) < 4.78 is 35.7. The molecule has 1 aromatic carbocycles. The summed E-state index contributed by atoms with van der Waals surface area (Å²) in [7, 11) is 0. The van der Waals surface area contributed by atoms with Crippen LogP contribution in [0.2, 0.25) is 5.02 Å². The fraction of sp³-hybridized carbons (Fsp3) is 0.455. The quantitative estimate of drug-likeness (QED) is 0.888. The van der Waals surface area contributed by atoms with E-state index < -0.39 is 5.51 Å². The molecule has 0 bridgehead atoms. The highest BCUT2D eigenvalue weighted by Crippen LogP contribution is 2.30. The van der Waals surface area contributed by atoms with Crippen molar-refractivity contribution < 1.29 is 13.2 Å². The van der Waals surface area contributed by atoms with Crippen molar-refractivity contribution in [3.05, 3.63) is 34.9 Å². The molecule has 0 radical (unpaired) electrons. The molecule has 2 N–H and O–H groups in total. The Balaban J connectivity index is 2.35. The van der Waals surface area contributed by atoms with Crippen LogP contribution in [0.5, 0.6) is 0 Å². The number of benzene rings is 1. The monoisotopic (exact) mass is 283 g/mol. The normalized spacial score (nSPS) is 13.7. The van der Waals surface area contributed by atoms with Gasteiger partial charge < -0.3 is 5.73 Å². The van der Waals surface area contributed by atoms with Gasteiger partial charge in [0.05, 0.1) is 0 Å². The van der Waals surface area contributed by atoms with Gasteiger partial charge in [0.2, 0.25) is 0 Å². The molecule has 17 heavy (non-hydrogen) atoms. The van der Waals surface area contributed by atoms with E-state index in [2.05, 4.69) is 0 Å². The van der Waals surface area contributed by atoms with Crippen LogP contribution in [0.4, 0.5) is 13.2 Å². The largest absolute Gasteiger partial charge is 0.441 e. The van der Waals surface area contributed by atoms with Gasteiger partial charge in [-0.2, -0.15) is 13.2 Å². The second-order valence-corrected chi connectivity index (χ2v) is 5.21. The molecule has 1 aromatic rings. The summed E-state index contributed by atoms with van der Waals surface area (Å²) in [4.78, 5) is 0. The minimum absolute atomic E-state index is 0.0187. The predicted molar refractivity (Wildman–Crippen MR) is 66.3 cm³/mol. The molecule has 0 fully saturated rings. The Bertz CT molecular complexity index is 357. The first-order chi connectivity index (χ1) is 7.88. The highest BCUT2D eigenvalue weighted by atomic mass is 35.5. The summed E-state index contributed by atoms with van der Waals surface area (Å²) in [5.74, 6) is -0.0187. The fourth-order valence-corrected chi connectivity index (χ4v) is 2.24. The molecular formula is C11H13ClF3NS. The maximum absolute atomic E-state index is 11.9. The lowest BCUT2D eigenvalue weighted by atomic mass is 10.1. The van der Waals surface area contributed by atoms with Gasteiger partial charge in [0.25, 0.3) is 0 Å². The van der Waals surface area contributed by atoms with Gasteiger partial charge in [-0.05, 0) is 24.5 Å². The second-order valence-electron chi connectivity index (χ2n) is 3.64. The molecule has 1 unspecified atom stereocenters. The van der Waals surface area contributed by atoms with Crippen LogP contribution in [0, 0.1) is 0 Å². The molecule has 0 saturated carbocycles. The average Bonchev–Trinajstić information content (AvgIpc) is 2.19. The number of rotatable bonds is 5. The standard InChI is InChI=1S/C11H13ClF3NS/c12-10-4-2-1-3-8(10)7-9(16)5-6-17-11(13,14)15/h1-4,9H,5-7,16H2. The smallest absolute Gasteiger partial charge is 0.327 e. The first-order valence-corrected chi connectivity index (χ1v) is 6.44. The van der Waals surface area contributed by atoms with E-state index in [1.807, 2.05) is 12.1 Å². The summed E-state index contributed by atoms with van der Waals surface area (Å²) in [6, 6.07) is 6.91. The van der Waals surface area contributed by atoms with Gasteiger partial charge >= 0.3 is 5.51 Å². The van der Waals surface area contributed by atoms with Crippen LogP contribution in [0.15, 0.2) is 24.3 Å². The van der Waals surface area contributed by atoms with Crippen molar-refractivity contribution in [3.8, 4) is 0 Å². The Morgan fingerprint density at radius 3 is 2.53 bits per heavy atom. The first kappa shape index (κ1) is 14.7. The summed E-state index contributed by atoms with van der Waals surface area (Å²) >= 11 is 5.90. The fourth-order valence-electron chi connectivity index (χ4n) is 1.37. The number of thioether (sulfide) groups is 1. The predicted octanol–water partition coefficient (Wildman–Crippen LogP) is 3.85. The molecule has 1 rings (SSSR count). The zero-order valence-corrected chi connectivity index (χ0v) is 10.6. The van der Waals surface area contributed by atoms with E-state index in [4.69, 9.17) is 17.3 Å². The van der Waals surface area contributed by atoms with Crippen molar-refractivity contribution in [2.24, 2.45) is 5.73 Å². The molecule has 0 heterocycles. The zero-order chi connectivity index (χ0) is 12.9. The molecule has 1 atom stereocenters. The summed E-state index contributed by atoms with van der Waals surface area (Å²) in [6.07, 6.45) is 0.813. The van der Waals surface area contributed by atoms with Gasteiger partial charge in [-0.15, -0.1) is 0 Å². The third-order valence-corrected chi connectivity index (χ3v) is 3.33. The molecular weight excluding hydrogens is 271 g/mol. The Labute approximate surface area is 108 Å². The summed E-state index contributed by atoms with van der Waals surface area (Å²) in [5, 5.41) is 0.603. The molecule has 0 aliphatic carbocycles. The van der Waals surface area contributed by atoms with Crippen LogP contribution in [-0.4, -0.2) is 17.3 Å². The van der Waals surface area contributed by atoms with Crippen LogP contribution in [0.1, 0.15) is 12.0 Å². The molecule has 0 aromatic heterocycles. The number of hydrogen-bond acceptors (Lipinski definition) is 2. The molecule has 0 spiro atoms. The van der Waals surface area contributed by atoms with E-state index in [1.54, 1.807) is 12.1 Å². The van der Waals surface area contributed by atoms with Crippen molar-refractivity contribution in [1.82, 2.24) is 0 Å². The van der Waals surface area contributed by atoms with Crippen LogP contribution in [0.25, 0.3) is 0 Å². The van der Waals surface area contributed by atoms with E-state index in [1.165, 1.54) is 0 Å². The number of hydrogen-bond donors (Lipinski definition) is 1. The van der Waals surface area contributed by atoms with E-state index in [0.29, 0.717) is 17.9 Å². The highest BCUT2D eigenvalue weighted by Gasteiger charge is 2.27. The van der Waals surface area contributed by atoms with E-state index in [0.717, 1.165) is 5.56 Å². The first-order valence-electron chi connectivity index (χ1n) is 5.08.